The molecule has 0 aliphatic rings. The zero-order chi connectivity index (χ0) is 19.3. The van der Waals surface area contributed by atoms with Gasteiger partial charge >= 0.3 is 6.36 Å². The van der Waals surface area contributed by atoms with Gasteiger partial charge in [-0.05, 0) is 30.3 Å². The normalized spacial score (nSPS) is 12.3. The molecule has 0 aliphatic heterocycles. The number of aromatic nitrogens is 1. The summed E-state index contributed by atoms with van der Waals surface area (Å²) in [6.07, 6.45) is -3.61. The number of nitrogens with zero attached hydrogens (tertiary/aromatic N) is 1. The van der Waals surface area contributed by atoms with E-state index >= 15 is 0 Å². The first-order chi connectivity index (χ1) is 12.2. The van der Waals surface area contributed by atoms with Crippen LogP contribution in [0.4, 0.5) is 18.9 Å². The molecule has 2 rings (SSSR count). The number of pyridine rings is 1. The van der Waals surface area contributed by atoms with Crippen LogP contribution in [-0.4, -0.2) is 23.2 Å². The molecular weight excluding hydrogens is 398 g/mol. The summed E-state index contributed by atoms with van der Waals surface area (Å²) in [4.78, 5) is 31.0. The Morgan fingerprint density at radius 2 is 1.92 bits per heavy atom. The highest BCUT2D eigenvalue weighted by molar-refractivity contribution is 6.36. The maximum atomic E-state index is 12.2. The van der Waals surface area contributed by atoms with Gasteiger partial charge in [0.2, 0.25) is 5.91 Å². The minimum Gasteiger partial charge on any atom is -0.324 e. The second kappa shape index (κ2) is 8.35. The Labute approximate surface area is 155 Å². The summed E-state index contributed by atoms with van der Waals surface area (Å²) >= 11 is 11.9. The van der Waals surface area contributed by atoms with Gasteiger partial charge in [0.15, 0.2) is 5.38 Å². The number of amides is 2. The van der Waals surface area contributed by atoms with Crippen LogP contribution in [0.1, 0.15) is 21.4 Å². The number of hydroxylamine groups is 1. The number of anilines is 1. The Morgan fingerprint density at radius 1 is 1.19 bits per heavy atom. The topological polar surface area (TPSA) is 80.3 Å². The third-order valence-electron chi connectivity index (χ3n) is 2.91. The van der Waals surface area contributed by atoms with E-state index < -0.39 is 23.6 Å². The number of carbonyl (C=O) groups is 2. The molecule has 0 spiro atoms. The van der Waals surface area contributed by atoms with Gasteiger partial charge in [0.25, 0.3) is 5.91 Å². The van der Waals surface area contributed by atoms with E-state index in [4.69, 9.17) is 23.2 Å². The molecule has 0 aliphatic carbocycles. The van der Waals surface area contributed by atoms with Gasteiger partial charge in [-0.2, -0.15) is 4.84 Å². The van der Waals surface area contributed by atoms with Crippen molar-refractivity contribution in [3.8, 4) is 0 Å². The highest BCUT2D eigenvalue weighted by atomic mass is 35.5. The molecule has 1 aromatic heterocycles. The molecule has 0 fully saturated rings. The highest BCUT2D eigenvalue weighted by Crippen LogP contribution is 2.27. The lowest BCUT2D eigenvalue weighted by atomic mass is 10.2. The molecule has 2 aromatic rings. The summed E-state index contributed by atoms with van der Waals surface area (Å²) in [6.45, 7) is 0. The molecule has 0 saturated heterocycles. The number of alkyl halides is 4. The maximum Gasteiger partial charge on any atom is 0.543 e. The van der Waals surface area contributed by atoms with Crippen LogP contribution >= 0.6 is 23.2 Å². The van der Waals surface area contributed by atoms with Crippen LogP contribution in [0.5, 0.6) is 0 Å². The number of halogens is 5. The predicted molar refractivity (Wildman–Crippen MR) is 87.5 cm³/mol. The van der Waals surface area contributed by atoms with Crippen molar-refractivity contribution < 1.29 is 27.6 Å². The molecule has 1 atom stereocenters. The molecular formula is C15H10Cl2F3N3O3. The van der Waals surface area contributed by atoms with Crippen molar-refractivity contribution in [2.24, 2.45) is 0 Å². The average Bonchev–Trinajstić information content (AvgIpc) is 2.59. The minimum absolute atomic E-state index is 0.132. The van der Waals surface area contributed by atoms with Crippen LogP contribution < -0.4 is 10.8 Å². The van der Waals surface area contributed by atoms with Gasteiger partial charge in [0.1, 0.15) is 0 Å². The van der Waals surface area contributed by atoms with E-state index in [9.17, 15) is 22.8 Å². The largest absolute Gasteiger partial charge is 0.543 e. The van der Waals surface area contributed by atoms with Crippen molar-refractivity contribution in [1.29, 1.82) is 0 Å². The van der Waals surface area contributed by atoms with Crippen molar-refractivity contribution in [1.82, 2.24) is 10.5 Å². The van der Waals surface area contributed by atoms with E-state index in [-0.39, 0.29) is 22.0 Å². The molecule has 1 unspecified atom stereocenters. The first-order valence-electron chi connectivity index (χ1n) is 6.88. The van der Waals surface area contributed by atoms with Crippen molar-refractivity contribution in [2.75, 3.05) is 5.32 Å². The zero-order valence-electron chi connectivity index (χ0n) is 12.7. The standard InChI is InChI=1S/C15H10Cl2F3N3O3/c16-10-5-2-6-21-12(10)11(17)14(25)22-9-4-1-3-8(7-9)13(24)23-26-15(18,19)20/h1-7,11H,(H,22,25)(H,23,24). The van der Waals surface area contributed by atoms with E-state index in [1.807, 2.05) is 0 Å². The fourth-order valence-corrected chi connectivity index (χ4v) is 2.33. The van der Waals surface area contributed by atoms with Gasteiger partial charge in [-0.25, -0.2) is 5.48 Å². The SMILES string of the molecule is O=C(NOC(F)(F)F)c1cccc(NC(=O)C(Cl)c2ncccc2Cl)c1. The monoisotopic (exact) mass is 407 g/mol. The van der Waals surface area contributed by atoms with Gasteiger partial charge < -0.3 is 5.32 Å². The number of carbonyl (C=O) groups excluding carboxylic acids is 2. The van der Waals surface area contributed by atoms with Crippen molar-refractivity contribution in [3.63, 3.8) is 0 Å². The molecule has 138 valence electrons. The van der Waals surface area contributed by atoms with Crippen molar-refractivity contribution >= 4 is 40.7 Å². The fourth-order valence-electron chi connectivity index (χ4n) is 1.82. The third kappa shape index (κ3) is 5.58. The second-order valence-electron chi connectivity index (χ2n) is 4.78. The lowest BCUT2D eigenvalue weighted by Gasteiger charge is -2.12. The third-order valence-corrected chi connectivity index (χ3v) is 3.63. The number of rotatable bonds is 5. The smallest absolute Gasteiger partial charge is 0.324 e. The molecule has 1 aromatic carbocycles. The predicted octanol–water partition coefficient (Wildman–Crippen LogP) is 3.83. The molecule has 26 heavy (non-hydrogen) atoms. The maximum absolute atomic E-state index is 12.2. The van der Waals surface area contributed by atoms with Gasteiger partial charge in [0, 0.05) is 17.4 Å². The second-order valence-corrected chi connectivity index (χ2v) is 5.63. The van der Waals surface area contributed by atoms with Crippen LogP contribution in [-0.2, 0) is 9.63 Å². The summed E-state index contributed by atoms with van der Waals surface area (Å²) in [7, 11) is 0. The molecule has 0 bridgehead atoms. The Balaban J connectivity index is 2.07. The number of hydrogen-bond acceptors (Lipinski definition) is 4. The summed E-state index contributed by atoms with van der Waals surface area (Å²) in [5.41, 5.74) is 1.34. The van der Waals surface area contributed by atoms with E-state index in [1.54, 1.807) is 6.07 Å². The summed E-state index contributed by atoms with van der Waals surface area (Å²) in [5, 5.41) is 1.40. The first kappa shape index (κ1) is 20.0. The van der Waals surface area contributed by atoms with Gasteiger partial charge in [-0.15, -0.1) is 24.8 Å². The molecule has 0 radical (unpaired) electrons. The molecule has 2 amide bonds. The average molecular weight is 408 g/mol. The Morgan fingerprint density at radius 3 is 2.58 bits per heavy atom. The zero-order valence-corrected chi connectivity index (χ0v) is 14.2. The van der Waals surface area contributed by atoms with Crippen LogP contribution in [0.3, 0.4) is 0 Å². The van der Waals surface area contributed by atoms with E-state index in [1.165, 1.54) is 35.9 Å². The van der Waals surface area contributed by atoms with Gasteiger partial charge in [-0.1, -0.05) is 17.7 Å². The number of benzene rings is 1. The van der Waals surface area contributed by atoms with Crippen LogP contribution in [0.15, 0.2) is 42.6 Å². The Kier molecular flexibility index (Phi) is 6.41. The summed E-state index contributed by atoms with van der Waals surface area (Å²) in [6, 6.07) is 8.24. The van der Waals surface area contributed by atoms with Crippen molar-refractivity contribution in [3.05, 3.63) is 58.9 Å². The van der Waals surface area contributed by atoms with E-state index in [0.717, 1.165) is 6.07 Å². The molecule has 1 heterocycles. The fraction of sp³-hybridized carbons (Fsp3) is 0.133. The quantitative estimate of drug-likeness (QED) is 0.582. The summed E-state index contributed by atoms with van der Waals surface area (Å²) < 4.78 is 35.8. The Hall–Kier alpha value is -2.36. The summed E-state index contributed by atoms with van der Waals surface area (Å²) in [5.74, 6) is -1.83. The van der Waals surface area contributed by atoms with Crippen LogP contribution in [0.2, 0.25) is 5.02 Å². The number of hydrogen-bond donors (Lipinski definition) is 2. The number of nitrogens with one attached hydrogen (secondary N) is 2. The van der Waals surface area contributed by atoms with Crippen LogP contribution in [0, 0.1) is 0 Å². The minimum atomic E-state index is -5.02. The molecule has 0 saturated carbocycles. The molecule has 11 heteroatoms. The Bertz CT molecular complexity index is 818. The highest BCUT2D eigenvalue weighted by Gasteiger charge is 2.31. The van der Waals surface area contributed by atoms with E-state index in [2.05, 4.69) is 15.1 Å². The lowest BCUT2D eigenvalue weighted by molar-refractivity contribution is -0.343. The van der Waals surface area contributed by atoms with Gasteiger partial charge in [-0.3, -0.25) is 14.6 Å². The van der Waals surface area contributed by atoms with E-state index in [0.29, 0.717) is 0 Å². The lowest BCUT2D eigenvalue weighted by Crippen LogP contribution is -2.31. The van der Waals surface area contributed by atoms with Crippen LogP contribution in [0.25, 0.3) is 0 Å². The molecule has 2 N–H and O–H groups in total. The molecule has 6 nitrogen and oxygen atoms in total. The van der Waals surface area contributed by atoms with Crippen molar-refractivity contribution in [2.45, 2.75) is 11.7 Å². The first-order valence-corrected chi connectivity index (χ1v) is 7.69. The van der Waals surface area contributed by atoms with Gasteiger partial charge in [0.05, 0.1) is 10.7 Å².